The maximum absolute atomic E-state index is 12.9. The van der Waals surface area contributed by atoms with E-state index in [9.17, 15) is 9.59 Å². The summed E-state index contributed by atoms with van der Waals surface area (Å²) in [6.07, 6.45) is 0. The molecule has 1 saturated heterocycles. The van der Waals surface area contributed by atoms with Gasteiger partial charge in [-0.05, 0) is 48.0 Å². The van der Waals surface area contributed by atoms with Gasteiger partial charge in [-0.2, -0.15) is 0 Å². The first-order chi connectivity index (χ1) is 16.6. The maximum Gasteiger partial charge on any atom is 0.254 e. The number of carbonyl (C=O) groups is 2. The van der Waals surface area contributed by atoms with Crippen molar-refractivity contribution < 1.29 is 19.1 Å². The highest BCUT2D eigenvalue weighted by molar-refractivity contribution is 5.99. The zero-order valence-electron chi connectivity index (χ0n) is 19.3. The van der Waals surface area contributed by atoms with Crippen LogP contribution >= 0.6 is 0 Å². The number of hydrogen-bond donors (Lipinski definition) is 1. The van der Waals surface area contributed by atoms with Crippen molar-refractivity contribution in [3.8, 4) is 5.75 Å². The Balaban J connectivity index is 1.29. The number of anilines is 2. The van der Waals surface area contributed by atoms with E-state index in [0.29, 0.717) is 23.6 Å². The zero-order valence-corrected chi connectivity index (χ0v) is 19.3. The summed E-state index contributed by atoms with van der Waals surface area (Å²) in [5.41, 5.74) is 3.31. The number of likely N-dealkylation sites (N-methyl/N-ethyl adjacent to an activating group) is 1. The molecule has 7 nitrogen and oxygen atoms in total. The second-order valence-electron chi connectivity index (χ2n) is 8.16. The lowest BCUT2D eigenvalue weighted by Gasteiger charge is -2.28. The molecule has 0 aromatic heterocycles. The second-order valence-corrected chi connectivity index (χ2v) is 8.16. The third-order valence-corrected chi connectivity index (χ3v) is 5.58. The van der Waals surface area contributed by atoms with Gasteiger partial charge in [-0.1, -0.05) is 36.4 Å². The largest absolute Gasteiger partial charge is 0.489 e. The lowest BCUT2D eigenvalue weighted by Crippen LogP contribution is -2.36. The van der Waals surface area contributed by atoms with Gasteiger partial charge in [-0.25, -0.2) is 0 Å². The van der Waals surface area contributed by atoms with Crippen LogP contribution in [0.4, 0.5) is 11.4 Å². The molecule has 7 heteroatoms. The lowest BCUT2D eigenvalue weighted by molar-refractivity contribution is -0.116. The molecule has 0 bridgehead atoms. The van der Waals surface area contributed by atoms with Gasteiger partial charge >= 0.3 is 0 Å². The van der Waals surface area contributed by atoms with Crippen molar-refractivity contribution in [1.82, 2.24) is 4.90 Å². The predicted molar refractivity (Wildman–Crippen MR) is 132 cm³/mol. The summed E-state index contributed by atoms with van der Waals surface area (Å²) >= 11 is 0. The van der Waals surface area contributed by atoms with E-state index in [-0.39, 0.29) is 18.4 Å². The van der Waals surface area contributed by atoms with E-state index in [2.05, 4.69) is 10.2 Å². The van der Waals surface area contributed by atoms with Crippen LogP contribution in [0.25, 0.3) is 0 Å². The van der Waals surface area contributed by atoms with Crippen molar-refractivity contribution in [2.45, 2.75) is 6.61 Å². The Morgan fingerprint density at radius 3 is 2.44 bits per heavy atom. The number of carbonyl (C=O) groups excluding carboxylic acids is 2. The van der Waals surface area contributed by atoms with Crippen LogP contribution in [-0.2, 0) is 16.1 Å². The molecule has 0 atom stereocenters. The van der Waals surface area contributed by atoms with Gasteiger partial charge in [0.1, 0.15) is 12.4 Å². The quantitative estimate of drug-likeness (QED) is 0.555. The smallest absolute Gasteiger partial charge is 0.254 e. The highest BCUT2D eigenvalue weighted by Crippen LogP contribution is 2.19. The average molecular weight is 460 g/mol. The topological polar surface area (TPSA) is 71.1 Å². The van der Waals surface area contributed by atoms with Crippen molar-refractivity contribution in [1.29, 1.82) is 0 Å². The van der Waals surface area contributed by atoms with E-state index in [1.807, 2.05) is 60.7 Å². The Morgan fingerprint density at radius 2 is 1.71 bits per heavy atom. The van der Waals surface area contributed by atoms with Gasteiger partial charge in [0.2, 0.25) is 5.91 Å². The third-order valence-electron chi connectivity index (χ3n) is 5.58. The normalized spacial score (nSPS) is 13.3. The first-order valence-electron chi connectivity index (χ1n) is 11.3. The molecule has 0 radical (unpaired) electrons. The van der Waals surface area contributed by atoms with Gasteiger partial charge in [0.05, 0.1) is 19.8 Å². The van der Waals surface area contributed by atoms with Gasteiger partial charge in [0, 0.05) is 37.1 Å². The summed E-state index contributed by atoms with van der Waals surface area (Å²) in [6.45, 7) is 3.52. The van der Waals surface area contributed by atoms with Crippen molar-refractivity contribution in [2.24, 2.45) is 0 Å². The van der Waals surface area contributed by atoms with Crippen LogP contribution in [0.5, 0.6) is 5.75 Å². The third kappa shape index (κ3) is 6.36. The molecule has 1 heterocycles. The maximum atomic E-state index is 12.9. The number of nitrogens with zero attached hydrogens (tertiary/aromatic N) is 2. The summed E-state index contributed by atoms with van der Waals surface area (Å²) < 4.78 is 11.2. The van der Waals surface area contributed by atoms with Crippen LogP contribution in [0.15, 0.2) is 78.9 Å². The van der Waals surface area contributed by atoms with Crippen LogP contribution in [0.2, 0.25) is 0 Å². The molecule has 0 unspecified atom stereocenters. The number of nitrogens with one attached hydrogen (secondary N) is 1. The van der Waals surface area contributed by atoms with E-state index in [0.717, 1.165) is 37.6 Å². The SMILES string of the molecule is CN(CC(=O)Nc1ccc(N2CCOCC2)cc1)C(=O)c1cccc(OCc2ccccc2)c1. The molecule has 1 fully saturated rings. The highest BCUT2D eigenvalue weighted by Gasteiger charge is 2.16. The summed E-state index contributed by atoms with van der Waals surface area (Å²) in [5.74, 6) is 0.0994. The molecule has 176 valence electrons. The molecule has 1 N–H and O–H groups in total. The Hall–Kier alpha value is -3.84. The zero-order chi connectivity index (χ0) is 23.8. The average Bonchev–Trinajstić information content (AvgIpc) is 2.88. The van der Waals surface area contributed by atoms with E-state index >= 15 is 0 Å². The highest BCUT2D eigenvalue weighted by atomic mass is 16.5. The molecule has 34 heavy (non-hydrogen) atoms. The fourth-order valence-corrected chi connectivity index (χ4v) is 3.75. The Labute approximate surface area is 199 Å². The van der Waals surface area contributed by atoms with Crippen LogP contribution in [0.1, 0.15) is 15.9 Å². The van der Waals surface area contributed by atoms with Gasteiger partial charge in [0.15, 0.2) is 0 Å². The van der Waals surface area contributed by atoms with Gasteiger partial charge in [0.25, 0.3) is 5.91 Å². The minimum atomic E-state index is -0.258. The predicted octanol–water partition coefficient (Wildman–Crippen LogP) is 3.81. The van der Waals surface area contributed by atoms with Crippen molar-refractivity contribution in [3.05, 3.63) is 90.0 Å². The van der Waals surface area contributed by atoms with Crippen LogP contribution in [0.3, 0.4) is 0 Å². The molecule has 0 aliphatic carbocycles. The Morgan fingerprint density at radius 1 is 0.971 bits per heavy atom. The molecular weight excluding hydrogens is 430 g/mol. The second kappa shape index (κ2) is 11.3. The fourth-order valence-electron chi connectivity index (χ4n) is 3.75. The van der Waals surface area contributed by atoms with Crippen LogP contribution < -0.4 is 15.0 Å². The summed E-state index contributed by atoms with van der Waals surface area (Å²) in [4.78, 5) is 29.0. The molecular formula is C27H29N3O4. The fraction of sp³-hybridized carbons (Fsp3) is 0.259. The van der Waals surface area contributed by atoms with E-state index in [4.69, 9.17) is 9.47 Å². The first-order valence-corrected chi connectivity index (χ1v) is 11.3. The summed E-state index contributed by atoms with van der Waals surface area (Å²) in [6, 6.07) is 24.5. The van der Waals surface area contributed by atoms with E-state index in [1.54, 1.807) is 25.2 Å². The van der Waals surface area contributed by atoms with Gasteiger partial charge < -0.3 is 24.6 Å². The summed E-state index contributed by atoms with van der Waals surface area (Å²) in [5, 5.41) is 2.86. The van der Waals surface area contributed by atoms with Crippen molar-refractivity contribution in [3.63, 3.8) is 0 Å². The minimum Gasteiger partial charge on any atom is -0.489 e. The molecule has 0 saturated carbocycles. The molecule has 1 aliphatic heterocycles. The standard InChI is InChI=1S/C27H29N3O4/c1-29(19-26(31)28-23-10-12-24(13-11-23)30-14-16-33-17-15-30)27(32)22-8-5-9-25(18-22)34-20-21-6-3-2-4-7-21/h2-13,18H,14-17,19-20H2,1H3,(H,28,31). The number of morpholine rings is 1. The molecule has 3 aromatic carbocycles. The lowest BCUT2D eigenvalue weighted by atomic mass is 10.2. The van der Waals surface area contributed by atoms with E-state index < -0.39 is 0 Å². The van der Waals surface area contributed by atoms with Crippen LogP contribution in [0, 0.1) is 0 Å². The minimum absolute atomic E-state index is 0.0564. The Kier molecular flexibility index (Phi) is 7.78. The monoisotopic (exact) mass is 459 g/mol. The van der Waals surface area contributed by atoms with Crippen molar-refractivity contribution >= 4 is 23.2 Å². The Bertz CT molecular complexity index is 1100. The number of benzene rings is 3. The first kappa shape index (κ1) is 23.3. The molecule has 3 aromatic rings. The summed E-state index contributed by atoms with van der Waals surface area (Å²) in [7, 11) is 1.61. The number of ether oxygens (including phenoxy) is 2. The number of rotatable bonds is 8. The van der Waals surface area contributed by atoms with Crippen molar-refractivity contribution in [2.75, 3.05) is 50.1 Å². The molecule has 2 amide bonds. The van der Waals surface area contributed by atoms with Crippen LogP contribution in [-0.4, -0.2) is 56.6 Å². The number of amides is 2. The number of hydrogen-bond acceptors (Lipinski definition) is 5. The van der Waals surface area contributed by atoms with E-state index in [1.165, 1.54) is 4.90 Å². The van der Waals surface area contributed by atoms with Gasteiger partial charge in [-0.3, -0.25) is 9.59 Å². The molecule has 1 aliphatic rings. The van der Waals surface area contributed by atoms with Gasteiger partial charge in [-0.15, -0.1) is 0 Å². The molecule has 4 rings (SSSR count). The molecule has 0 spiro atoms.